The highest BCUT2D eigenvalue weighted by Crippen LogP contribution is 2.19. The van der Waals surface area contributed by atoms with Crippen LogP contribution >= 0.6 is 24.0 Å². The molecule has 1 saturated heterocycles. The molecule has 1 aliphatic rings. The molecule has 0 spiro atoms. The van der Waals surface area contributed by atoms with E-state index >= 15 is 0 Å². The van der Waals surface area contributed by atoms with Gasteiger partial charge in [0.25, 0.3) is 0 Å². The summed E-state index contributed by atoms with van der Waals surface area (Å²) < 4.78 is 16.8. The van der Waals surface area contributed by atoms with Gasteiger partial charge in [0, 0.05) is 45.3 Å². The van der Waals surface area contributed by atoms with E-state index in [1.54, 1.807) is 14.2 Å². The summed E-state index contributed by atoms with van der Waals surface area (Å²) in [6.07, 6.45) is 0. The number of nitrogens with zero attached hydrogens (tertiary/aromatic N) is 2. The van der Waals surface area contributed by atoms with Crippen LogP contribution in [-0.2, 0) is 17.8 Å². The Hall–Kier alpha value is -2.04. The minimum atomic E-state index is 0. The Morgan fingerprint density at radius 1 is 1.09 bits per heavy atom. The number of guanidine groups is 1. The van der Waals surface area contributed by atoms with Gasteiger partial charge in [-0.25, -0.2) is 0 Å². The zero-order valence-corrected chi connectivity index (χ0v) is 21.6. The molecule has 0 radical (unpaired) electrons. The van der Waals surface area contributed by atoms with Crippen LogP contribution in [0.25, 0.3) is 0 Å². The highest BCUT2D eigenvalue weighted by molar-refractivity contribution is 14.0. The molecule has 2 aromatic rings. The molecule has 1 fully saturated rings. The number of morpholine rings is 1. The van der Waals surface area contributed by atoms with Crippen LogP contribution in [0.2, 0.25) is 0 Å². The zero-order valence-electron chi connectivity index (χ0n) is 19.2. The molecular weight excluding hydrogens is 519 g/mol. The van der Waals surface area contributed by atoms with Crippen LogP contribution in [0.1, 0.15) is 16.7 Å². The Balaban J connectivity index is 0.00000363. The largest absolute Gasteiger partial charge is 0.496 e. The van der Waals surface area contributed by atoms with Gasteiger partial charge >= 0.3 is 0 Å². The van der Waals surface area contributed by atoms with Crippen molar-refractivity contribution in [1.29, 1.82) is 0 Å². The van der Waals surface area contributed by atoms with Crippen molar-refractivity contribution < 1.29 is 14.2 Å². The minimum Gasteiger partial charge on any atom is -0.496 e. The van der Waals surface area contributed by atoms with Gasteiger partial charge in [0.05, 0.1) is 20.3 Å². The number of nitrogens with one attached hydrogen (secondary N) is 2. The summed E-state index contributed by atoms with van der Waals surface area (Å²) in [5.41, 5.74) is 3.40. The molecule has 0 aromatic heterocycles. The molecule has 8 heteroatoms. The smallest absolute Gasteiger partial charge is 0.191 e. The fraction of sp³-hybridized carbons (Fsp3) is 0.458. The van der Waals surface area contributed by atoms with E-state index in [1.165, 1.54) is 5.56 Å². The molecule has 3 rings (SSSR count). The predicted octanol–water partition coefficient (Wildman–Crippen LogP) is 3.20. The van der Waals surface area contributed by atoms with Gasteiger partial charge in [0.15, 0.2) is 5.96 Å². The molecular formula is C24H35IN4O3. The first-order valence-electron chi connectivity index (χ1n) is 10.8. The van der Waals surface area contributed by atoms with Crippen molar-refractivity contribution in [3.63, 3.8) is 0 Å². The van der Waals surface area contributed by atoms with Crippen LogP contribution in [0.15, 0.2) is 47.5 Å². The van der Waals surface area contributed by atoms with Gasteiger partial charge in [0.2, 0.25) is 0 Å². The standard InChI is InChI=1S/C24H34N4O3.HI/c1-19-7-8-21(23(15-19)29-3)18-27-24(25-2)26-17-20-5-4-6-22(16-20)31-14-11-28-9-12-30-13-10-28;/h4-8,15-16H,9-14,17-18H2,1-3H3,(H2,25,26,27);1H. The maximum Gasteiger partial charge on any atom is 0.191 e. The number of rotatable bonds is 9. The molecule has 0 aliphatic carbocycles. The fourth-order valence-electron chi connectivity index (χ4n) is 3.45. The third kappa shape index (κ3) is 8.48. The molecule has 1 aliphatic heterocycles. The lowest BCUT2D eigenvalue weighted by Crippen LogP contribution is -2.38. The molecule has 2 aromatic carbocycles. The number of benzene rings is 2. The van der Waals surface area contributed by atoms with Crippen molar-refractivity contribution in [2.75, 3.05) is 53.6 Å². The summed E-state index contributed by atoms with van der Waals surface area (Å²) in [6.45, 7) is 8.53. The lowest BCUT2D eigenvalue weighted by atomic mass is 10.1. The third-order valence-corrected chi connectivity index (χ3v) is 5.25. The Morgan fingerprint density at radius 2 is 1.88 bits per heavy atom. The Labute approximate surface area is 208 Å². The van der Waals surface area contributed by atoms with Gasteiger partial charge in [-0.1, -0.05) is 24.3 Å². The Morgan fingerprint density at radius 3 is 2.62 bits per heavy atom. The second kappa shape index (κ2) is 14.2. The van der Waals surface area contributed by atoms with Gasteiger partial charge in [-0.2, -0.15) is 0 Å². The molecule has 0 atom stereocenters. The number of hydrogen-bond acceptors (Lipinski definition) is 5. The summed E-state index contributed by atoms with van der Waals surface area (Å²) in [4.78, 5) is 6.69. The second-order valence-corrected chi connectivity index (χ2v) is 7.54. The maximum atomic E-state index is 5.95. The van der Waals surface area contributed by atoms with E-state index in [2.05, 4.69) is 51.7 Å². The van der Waals surface area contributed by atoms with Crippen molar-refractivity contribution in [3.8, 4) is 11.5 Å². The van der Waals surface area contributed by atoms with E-state index in [4.69, 9.17) is 14.2 Å². The van der Waals surface area contributed by atoms with Gasteiger partial charge in [-0.15, -0.1) is 24.0 Å². The molecule has 0 bridgehead atoms. The van der Waals surface area contributed by atoms with Gasteiger partial charge in [-0.05, 0) is 36.2 Å². The Bertz CT molecular complexity index is 857. The first-order chi connectivity index (χ1) is 15.2. The lowest BCUT2D eigenvalue weighted by molar-refractivity contribution is 0.0322. The SMILES string of the molecule is CN=C(NCc1cccc(OCCN2CCOCC2)c1)NCc1ccc(C)cc1OC.I. The number of ether oxygens (including phenoxy) is 3. The molecule has 7 nitrogen and oxygen atoms in total. The van der Waals surface area contributed by atoms with E-state index in [-0.39, 0.29) is 24.0 Å². The van der Waals surface area contributed by atoms with Gasteiger partial charge < -0.3 is 24.8 Å². The summed E-state index contributed by atoms with van der Waals surface area (Å²) in [6, 6.07) is 14.4. The molecule has 1 heterocycles. The highest BCUT2D eigenvalue weighted by atomic mass is 127. The van der Waals surface area contributed by atoms with E-state index in [0.29, 0.717) is 19.7 Å². The van der Waals surface area contributed by atoms with Crippen LogP contribution in [-0.4, -0.2) is 64.5 Å². The van der Waals surface area contributed by atoms with E-state index in [0.717, 1.165) is 61.4 Å². The van der Waals surface area contributed by atoms with Crippen LogP contribution in [0, 0.1) is 6.92 Å². The van der Waals surface area contributed by atoms with Crippen LogP contribution in [0.5, 0.6) is 11.5 Å². The number of hydrogen-bond donors (Lipinski definition) is 2. The summed E-state index contributed by atoms with van der Waals surface area (Å²) >= 11 is 0. The molecule has 0 amide bonds. The summed E-state index contributed by atoms with van der Waals surface area (Å²) in [5, 5.41) is 6.71. The Kier molecular flexibility index (Phi) is 11.6. The van der Waals surface area contributed by atoms with Gasteiger partial charge in [0.1, 0.15) is 18.1 Å². The average molecular weight is 554 g/mol. The fourth-order valence-corrected chi connectivity index (χ4v) is 3.45. The second-order valence-electron chi connectivity index (χ2n) is 7.54. The quantitative estimate of drug-likeness (QED) is 0.282. The minimum absolute atomic E-state index is 0. The van der Waals surface area contributed by atoms with Crippen LogP contribution in [0.3, 0.4) is 0 Å². The number of halogens is 1. The monoisotopic (exact) mass is 554 g/mol. The van der Waals surface area contributed by atoms with E-state index in [1.807, 2.05) is 18.2 Å². The first-order valence-corrected chi connectivity index (χ1v) is 10.8. The summed E-state index contributed by atoms with van der Waals surface area (Å²) in [5.74, 6) is 2.51. The maximum absolute atomic E-state index is 5.95. The highest BCUT2D eigenvalue weighted by Gasteiger charge is 2.10. The van der Waals surface area contributed by atoms with Crippen molar-refractivity contribution in [2.45, 2.75) is 20.0 Å². The van der Waals surface area contributed by atoms with Crippen LogP contribution < -0.4 is 20.1 Å². The predicted molar refractivity (Wildman–Crippen MR) is 139 cm³/mol. The van der Waals surface area contributed by atoms with Crippen molar-refractivity contribution in [1.82, 2.24) is 15.5 Å². The normalized spacial score (nSPS) is 14.4. The van der Waals surface area contributed by atoms with Crippen LogP contribution in [0.4, 0.5) is 0 Å². The third-order valence-electron chi connectivity index (χ3n) is 5.25. The zero-order chi connectivity index (χ0) is 21.9. The molecule has 2 N–H and O–H groups in total. The molecule has 32 heavy (non-hydrogen) atoms. The molecule has 0 unspecified atom stereocenters. The lowest BCUT2D eigenvalue weighted by Gasteiger charge is -2.26. The molecule has 0 saturated carbocycles. The van der Waals surface area contributed by atoms with Gasteiger partial charge in [-0.3, -0.25) is 9.89 Å². The van der Waals surface area contributed by atoms with Crippen molar-refractivity contribution >= 4 is 29.9 Å². The van der Waals surface area contributed by atoms with E-state index < -0.39 is 0 Å². The average Bonchev–Trinajstić information content (AvgIpc) is 2.81. The summed E-state index contributed by atoms with van der Waals surface area (Å²) in [7, 11) is 3.47. The van der Waals surface area contributed by atoms with Crippen molar-refractivity contribution in [3.05, 3.63) is 59.2 Å². The topological polar surface area (TPSA) is 67.4 Å². The molecule has 176 valence electrons. The number of aliphatic imine (C=N–C) groups is 1. The number of aryl methyl sites for hydroxylation is 1. The van der Waals surface area contributed by atoms with Crippen molar-refractivity contribution in [2.24, 2.45) is 4.99 Å². The first kappa shape index (κ1) is 26.2. The van der Waals surface area contributed by atoms with E-state index in [9.17, 15) is 0 Å². The number of methoxy groups -OCH3 is 1.